The minimum absolute atomic E-state index is 0.0468. The maximum absolute atomic E-state index is 12.6. The summed E-state index contributed by atoms with van der Waals surface area (Å²) in [6, 6.07) is 3.53. The third-order valence-electron chi connectivity index (χ3n) is 4.92. The zero-order chi connectivity index (χ0) is 16.9. The number of pyridine rings is 1. The first kappa shape index (κ1) is 16.7. The van der Waals surface area contributed by atoms with Crippen molar-refractivity contribution in [1.82, 2.24) is 15.2 Å². The summed E-state index contributed by atoms with van der Waals surface area (Å²) in [5, 5.41) is 5.98. The fraction of sp³-hybridized carbons (Fsp3) is 0.611. The third kappa shape index (κ3) is 4.46. The number of likely N-dealkylation sites (tertiary alicyclic amines) is 1. The van der Waals surface area contributed by atoms with Crippen LogP contribution < -0.4 is 10.6 Å². The zero-order valence-electron chi connectivity index (χ0n) is 14.3. The standard InChI is InChI=1S/C18H26N4O2/c1-19-16-11-15(4-7-20-16)18(24)22-8-5-13(6-9-22)10-17(23)21-12-14-2-3-14/h4,7,11,13-14H,2-3,5-6,8-10,12H2,1H3,(H,19,20)(H,21,23). The Labute approximate surface area is 143 Å². The van der Waals surface area contributed by atoms with Gasteiger partial charge in [-0.3, -0.25) is 9.59 Å². The molecule has 2 amide bonds. The first-order valence-corrected chi connectivity index (χ1v) is 8.85. The van der Waals surface area contributed by atoms with Crippen molar-refractivity contribution in [2.45, 2.75) is 32.1 Å². The fourth-order valence-electron chi connectivity index (χ4n) is 3.14. The number of aromatic nitrogens is 1. The molecular formula is C18H26N4O2. The van der Waals surface area contributed by atoms with Gasteiger partial charge >= 0.3 is 0 Å². The number of carbonyl (C=O) groups excluding carboxylic acids is 2. The van der Waals surface area contributed by atoms with E-state index in [9.17, 15) is 9.59 Å². The van der Waals surface area contributed by atoms with E-state index in [-0.39, 0.29) is 11.8 Å². The Hall–Kier alpha value is -2.11. The molecule has 0 spiro atoms. The number of nitrogens with one attached hydrogen (secondary N) is 2. The molecule has 2 aliphatic rings. The molecule has 1 aliphatic heterocycles. The highest BCUT2D eigenvalue weighted by molar-refractivity contribution is 5.94. The predicted octanol–water partition coefficient (Wildman–Crippen LogP) is 1.89. The molecule has 2 fully saturated rings. The number of piperidine rings is 1. The number of hydrogen-bond donors (Lipinski definition) is 2. The summed E-state index contributed by atoms with van der Waals surface area (Å²) >= 11 is 0. The fourth-order valence-corrected chi connectivity index (χ4v) is 3.14. The molecule has 1 aromatic heterocycles. The van der Waals surface area contributed by atoms with Gasteiger partial charge in [-0.1, -0.05) is 0 Å². The van der Waals surface area contributed by atoms with Crippen LogP contribution in [0.3, 0.4) is 0 Å². The average Bonchev–Trinajstić information content (AvgIpc) is 3.44. The lowest BCUT2D eigenvalue weighted by atomic mass is 9.93. The predicted molar refractivity (Wildman–Crippen MR) is 92.8 cm³/mol. The van der Waals surface area contributed by atoms with Crippen LogP contribution in [0.25, 0.3) is 0 Å². The number of amides is 2. The number of nitrogens with zero attached hydrogens (tertiary/aromatic N) is 2. The van der Waals surface area contributed by atoms with Crippen LogP contribution in [0.4, 0.5) is 5.82 Å². The minimum Gasteiger partial charge on any atom is -0.373 e. The maximum Gasteiger partial charge on any atom is 0.254 e. The Kier molecular flexibility index (Phi) is 5.33. The average molecular weight is 330 g/mol. The molecule has 6 nitrogen and oxygen atoms in total. The number of carbonyl (C=O) groups is 2. The quantitative estimate of drug-likeness (QED) is 0.835. The summed E-state index contributed by atoms with van der Waals surface area (Å²) in [4.78, 5) is 30.5. The van der Waals surface area contributed by atoms with Crippen molar-refractivity contribution in [2.24, 2.45) is 11.8 Å². The Morgan fingerprint density at radius 3 is 2.62 bits per heavy atom. The molecule has 1 saturated carbocycles. The van der Waals surface area contributed by atoms with E-state index in [1.165, 1.54) is 12.8 Å². The van der Waals surface area contributed by atoms with Crippen molar-refractivity contribution in [3.8, 4) is 0 Å². The van der Waals surface area contributed by atoms with Gasteiger partial charge in [0.15, 0.2) is 0 Å². The molecule has 1 aliphatic carbocycles. The molecule has 0 atom stereocenters. The lowest BCUT2D eigenvalue weighted by Crippen LogP contribution is -2.39. The number of anilines is 1. The monoisotopic (exact) mass is 330 g/mol. The molecule has 0 unspecified atom stereocenters. The molecule has 0 aromatic carbocycles. The summed E-state index contributed by atoms with van der Waals surface area (Å²) in [5.41, 5.74) is 0.662. The van der Waals surface area contributed by atoms with Crippen LogP contribution in [-0.2, 0) is 4.79 Å². The first-order chi connectivity index (χ1) is 11.7. The Morgan fingerprint density at radius 1 is 1.21 bits per heavy atom. The van der Waals surface area contributed by atoms with Crippen molar-refractivity contribution < 1.29 is 9.59 Å². The normalized spacial score (nSPS) is 18.3. The van der Waals surface area contributed by atoms with Gasteiger partial charge < -0.3 is 15.5 Å². The SMILES string of the molecule is CNc1cc(C(=O)N2CCC(CC(=O)NCC3CC3)CC2)ccn1. The van der Waals surface area contributed by atoms with Gasteiger partial charge in [-0.25, -0.2) is 4.98 Å². The highest BCUT2D eigenvalue weighted by atomic mass is 16.2. The van der Waals surface area contributed by atoms with Crippen molar-refractivity contribution in [3.05, 3.63) is 23.9 Å². The van der Waals surface area contributed by atoms with E-state index in [0.717, 1.165) is 38.4 Å². The molecule has 1 saturated heterocycles. The third-order valence-corrected chi connectivity index (χ3v) is 4.92. The van der Waals surface area contributed by atoms with Gasteiger partial charge in [-0.05, 0) is 49.7 Å². The first-order valence-electron chi connectivity index (χ1n) is 8.85. The number of hydrogen-bond acceptors (Lipinski definition) is 4. The smallest absolute Gasteiger partial charge is 0.254 e. The molecule has 6 heteroatoms. The van der Waals surface area contributed by atoms with Crippen LogP contribution in [0, 0.1) is 11.8 Å². The summed E-state index contributed by atoms with van der Waals surface area (Å²) in [6.45, 7) is 2.28. The van der Waals surface area contributed by atoms with Crippen LogP contribution >= 0.6 is 0 Å². The maximum atomic E-state index is 12.6. The second-order valence-corrected chi connectivity index (χ2v) is 6.87. The second-order valence-electron chi connectivity index (χ2n) is 6.87. The van der Waals surface area contributed by atoms with Crippen molar-refractivity contribution in [2.75, 3.05) is 32.0 Å². The van der Waals surface area contributed by atoms with Gasteiger partial charge in [0.1, 0.15) is 5.82 Å². The van der Waals surface area contributed by atoms with Crippen molar-refractivity contribution in [3.63, 3.8) is 0 Å². The van der Waals surface area contributed by atoms with Crippen LogP contribution in [0.15, 0.2) is 18.3 Å². The molecule has 130 valence electrons. The summed E-state index contributed by atoms with van der Waals surface area (Å²) in [6.07, 6.45) is 6.54. The van der Waals surface area contributed by atoms with Gasteiger partial charge in [-0.2, -0.15) is 0 Å². The molecule has 2 heterocycles. The molecule has 0 radical (unpaired) electrons. The largest absolute Gasteiger partial charge is 0.373 e. The van der Waals surface area contributed by atoms with E-state index in [2.05, 4.69) is 15.6 Å². The Morgan fingerprint density at radius 2 is 1.96 bits per heavy atom. The molecule has 1 aromatic rings. The van der Waals surface area contributed by atoms with E-state index in [1.54, 1.807) is 25.4 Å². The molecule has 2 N–H and O–H groups in total. The second kappa shape index (κ2) is 7.64. The van der Waals surface area contributed by atoms with E-state index < -0.39 is 0 Å². The summed E-state index contributed by atoms with van der Waals surface area (Å²) in [7, 11) is 1.79. The molecule has 3 rings (SSSR count). The topological polar surface area (TPSA) is 74.3 Å². The van der Waals surface area contributed by atoms with Crippen molar-refractivity contribution in [1.29, 1.82) is 0 Å². The summed E-state index contributed by atoms with van der Waals surface area (Å²) in [5.74, 6) is 2.02. The number of rotatable bonds is 6. The highest BCUT2D eigenvalue weighted by Crippen LogP contribution is 2.28. The van der Waals surface area contributed by atoms with Gasteiger partial charge in [0.25, 0.3) is 5.91 Å². The minimum atomic E-state index is 0.0468. The lowest BCUT2D eigenvalue weighted by Gasteiger charge is -2.32. The van der Waals surface area contributed by atoms with E-state index in [1.807, 2.05) is 4.90 Å². The zero-order valence-corrected chi connectivity index (χ0v) is 14.3. The van der Waals surface area contributed by atoms with Crippen LogP contribution in [0.2, 0.25) is 0 Å². The van der Waals surface area contributed by atoms with Crippen LogP contribution in [0.5, 0.6) is 0 Å². The molecular weight excluding hydrogens is 304 g/mol. The van der Waals surface area contributed by atoms with Crippen molar-refractivity contribution >= 4 is 17.6 Å². The van der Waals surface area contributed by atoms with E-state index in [4.69, 9.17) is 0 Å². The Bertz CT molecular complexity index is 592. The Balaban J connectivity index is 1.45. The lowest BCUT2D eigenvalue weighted by molar-refractivity contribution is -0.122. The molecule has 0 bridgehead atoms. The van der Waals surface area contributed by atoms with Crippen LogP contribution in [0.1, 0.15) is 42.5 Å². The van der Waals surface area contributed by atoms with Gasteiger partial charge in [0.05, 0.1) is 0 Å². The van der Waals surface area contributed by atoms with Gasteiger partial charge in [0, 0.05) is 44.9 Å². The van der Waals surface area contributed by atoms with Gasteiger partial charge in [-0.15, -0.1) is 0 Å². The van der Waals surface area contributed by atoms with E-state index in [0.29, 0.717) is 23.7 Å². The highest BCUT2D eigenvalue weighted by Gasteiger charge is 2.26. The van der Waals surface area contributed by atoms with E-state index >= 15 is 0 Å². The van der Waals surface area contributed by atoms with Crippen LogP contribution in [-0.4, -0.2) is 48.4 Å². The summed E-state index contributed by atoms with van der Waals surface area (Å²) < 4.78 is 0. The molecule has 24 heavy (non-hydrogen) atoms. The van der Waals surface area contributed by atoms with Gasteiger partial charge in [0.2, 0.25) is 5.91 Å².